The van der Waals surface area contributed by atoms with E-state index in [0.717, 1.165) is 24.5 Å². The first-order chi connectivity index (χ1) is 10.6. The lowest BCUT2D eigenvalue weighted by Gasteiger charge is -2.17. The number of rotatable bonds is 6. The number of benzene rings is 1. The maximum Gasteiger partial charge on any atom is 0.276 e. The summed E-state index contributed by atoms with van der Waals surface area (Å²) in [6.07, 6.45) is 1.66. The van der Waals surface area contributed by atoms with Gasteiger partial charge in [0.1, 0.15) is 5.69 Å². The third-order valence-corrected chi connectivity index (χ3v) is 3.32. The predicted molar refractivity (Wildman–Crippen MR) is 90.5 cm³/mol. The molecule has 1 heterocycles. The Labute approximate surface area is 131 Å². The first kappa shape index (κ1) is 16.0. The average Bonchev–Trinajstić information content (AvgIpc) is 2.54. The molecule has 1 N–H and O–H groups in total. The molecule has 2 rings (SSSR count). The fourth-order valence-electron chi connectivity index (χ4n) is 2.02. The molecule has 1 aromatic carbocycles. The molecule has 0 saturated heterocycles. The summed E-state index contributed by atoms with van der Waals surface area (Å²) >= 11 is 0. The molecule has 5 nitrogen and oxygen atoms in total. The van der Waals surface area contributed by atoms with Gasteiger partial charge in [-0.2, -0.15) is 0 Å². The number of nitrogens with one attached hydrogen (secondary N) is 1. The van der Waals surface area contributed by atoms with Crippen LogP contribution in [0.3, 0.4) is 0 Å². The smallest absolute Gasteiger partial charge is 0.276 e. The highest BCUT2D eigenvalue weighted by molar-refractivity contribution is 6.04. The Balaban J connectivity index is 2.07. The monoisotopic (exact) mass is 298 g/mol. The molecule has 0 aliphatic carbocycles. The van der Waals surface area contributed by atoms with Crippen molar-refractivity contribution in [2.75, 3.05) is 44.4 Å². The highest BCUT2D eigenvalue weighted by atomic mass is 16.2. The van der Waals surface area contributed by atoms with E-state index in [1.807, 2.05) is 50.5 Å². The van der Waals surface area contributed by atoms with Gasteiger partial charge in [0.15, 0.2) is 0 Å². The summed E-state index contributed by atoms with van der Waals surface area (Å²) in [5.74, 6) is -0.123. The van der Waals surface area contributed by atoms with E-state index < -0.39 is 0 Å². The Morgan fingerprint density at radius 3 is 2.55 bits per heavy atom. The SMILES string of the molecule is CN(C)CCNc1ccnc(C(=O)N(C)c2ccccc2)c1. The quantitative estimate of drug-likeness (QED) is 0.889. The molecule has 1 aromatic heterocycles. The van der Waals surface area contributed by atoms with Gasteiger partial charge in [0.25, 0.3) is 5.91 Å². The minimum absolute atomic E-state index is 0.123. The molecule has 0 aliphatic heterocycles. The number of amides is 1. The Morgan fingerprint density at radius 1 is 1.14 bits per heavy atom. The van der Waals surface area contributed by atoms with E-state index in [1.165, 1.54) is 0 Å². The minimum atomic E-state index is -0.123. The summed E-state index contributed by atoms with van der Waals surface area (Å²) in [6, 6.07) is 13.2. The van der Waals surface area contributed by atoms with Gasteiger partial charge in [0.2, 0.25) is 0 Å². The zero-order valence-corrected chi connectivity index (χ0v) is 13.3. The van der Waals surface area contributed by atoms with Gasteiger partial charge < -0.3 is 15.1 Å². The maximum absolute atomic E-state index is 12.5. The van der Waals surface area contributed by atoms with Crippen molar-refractivity contribution in [2.45, 2.75) is 0 Å². The van der Waals surface area contributed by atoms with Crippen LogP contribution in [0.25, 0.3) is 0 Å². The zero-order chi connectivity index (χ0) is 15.9. The normalized spacial score (nSPS) is 10.5. The van der Waals surface area contributed by atoms with E-state index in [1.54, 1.807) is 24.2 Å². The molecule has 0 radical (unpaired) electrons. The van der Waals surface area contributed by atoms with Crippen LogP contribution in [0.5, 0.6) is 0 Å². The van der Waals surface area contributed by atoms with Gasteiger partial charge in [-0.25, -0.2) is 0 Å². The van der Waals surface area contributed by atoms with Crippen molar-refractivity contribution < 1.29 is 4.79 Å². The second kappa shape index (κ2) is 7.56. The van der Waals surface area contributed by atoms with Crippen LogP contribution in [0.4, 0.5) is 11.4 Å². The molecule has 0 atom stereocenters. The molecule has 116 valence electrons. The van der Waals surface area contributed by atoms with Crippen molar-refractivity contribution in [1.29, 1.82) is 0 Å². The molecule has 0 bridgehead atoms. The summed E-state index contributed by atoms with van der Waals surface area (Å²) < 4.78 is 0. The lowest BCUT2D eigenvalue weighted by Crippen LogP contribution is -2.27. The third-order valence-electron chi connectivity index (χ3n) is 3.32. The van der Waals surface area contributed by atoms with Gasteiger partial charge in [-0.1, -0.05) is 18.2 Å². The molecule has 22 heavy (non-hydrogen) atoms. The number of anilines is 2. The van der Waals surface area contributed by atoms with Crippen LogP contribution in [-0.4, -0.2) is 50.0 Å². The molecule has 0 unspecified atom stereocenters. The fourth-order valence-corrected chi connectivity index (χ4v) is 2.02. The largest absolute Gasteiger partial charge is 0.384 e. The molecule has 5 heteroatoms. The van der Waals surface area contributed by atoms with E-state index in [9.17, 15) is 4.79 Å². The molecule has 1 amide bonds. The number of carbonyl (C=O) groups excluding carboxylic acids is 1. The number of hydrogen-bond donors (Lipinski definition) is 1. The Hall–Kier alpha value is -2.40. The number of nitrogens with zero attached hydrogens (tertiary/aromatic N) is 3. The molecule has 0 spiro atoms. The Morgan fingerprint density at radius 2 is 1.86 bits per heavy atom. The minimum Gasteiger partial charge on any atom is -0.384 e. The zero-order valence-electron chi connectivity index (χ0n) is 13.3. The standard InChI is InChI=1S/C17H22N4O/c1-20(2)12-11-18-14-9-10-19-16(13-14)17(22)21(3)15-7-5-4-6-8-15/h4-10,13H,11-12H2,1-3H3,(H,18,19). The van der Waals surface area contributed by atoms with Crippen molar-refractivity contribution in [3.63, 3.8) is 0 Å². The fraction of sp³-hybridized carbons (Fsp3) is 0.294. The summed E-state index contributed by atoms with van der Waals surface area (Å²) in [6.45, 7) is 1.74. The summed E-state index contributed by atoms with van der Waals surface area (Å²) in [5.41, 5.74) is 2.18. The first-order valence-electron chi connectivity index (χ1n) is 7.25. The highest BCUT2D eigenvalue weighted by Gasteiger charge is 2.14. The van der Waals surface area contributed by atoms with Gasteiger partial charge in [-0.05, 0) is 38.4 Å². The molecular weight excluding hydrogens is 276 g/mol. The van der Waals surface area contributed by atoms with E-state index in [2.05, 4.69) is 15.2 Å². The molecule has 0 fully saturated rings. The van der Waals surface area contributed by atoms with Crippen LogP contribution < -0.4 is 10.2 Å². The van der Waals surface area contributed by atoms with Crippen molar-refractivity contribution in [3.8, 4) is 0 Å². The van der Waals surface area contributed by atoms with Crippen molar-refractivity contribution in [1.82, 2.24) is 9.88 Å². The molecule has 0 saturated carbocycles. The van der Waals surface area contributed by atoms with E-state index >= 15 is 0 Å². The van der Waals surface area contributed by atoms with Crippen molar-refractivity contribution in [3.05, 3.63) is 54.4 Å². The Bertz CT molecular complexity index is 613. The number of carbonyl (C=O) groups is 1. The van der Waals surface area contributed by atoms with Gasteiger partial charge in [-0.3, -0.25) is 9.78 Å². The van der Waals surface area contributed by atoms with Crippen LogP contribution in [0, 0.1) is 0 Å². The van der Waals surface area contributed by atoms with Crippen LogP contribution in [0.2, 0.25) is 0 Å². The van der Waals surface area contributed by atoms with Crippen LogP contribution in [-0.2, 0) is 0 Å². The first-order valence-corrected chi connectivity index (χ1v) is 7.25. The van der Waals surface area contributed by atoms with E-state index in [0.29, 0.717) is 5.69 Å². The average molecular weight is 298 g/mol. The second-order valence-corrected chi connectivity index (χ2v) is 5.36. The number of pyridine rings is 1. The van der Waals surface area contributed by atoms with E-state index in [-0.39, 0.29) is 5.91 Å². The van der Waals surface area contributed by atoms with Gasteiger partial charge in [0, 0.05) is 37.7 Å². The van der Waals surface area contributed by atoms with Crippen molar-refractivity contribution >= 4 is 17.3 Å². The third kappa shape index (κ3) is 4.30. The van der Waals surface area contributed by atoms with Crippen LogP contribution in [0.15, 0.2) is 48.7 Å². The molecular formula is C17H22N4O. The second-order valence-electron chi connectivity index (χ2n) is 5.36. The number of hydrogen-bond acceptors (Lipinski definition) is 4. The van der Waals surface area contributed by atoms with Crippen LogP contribution in [0.1, 0.15) is 10.5 Å². The maximum atomic E-state index is 12.5. The molecule has 0 aliphatic rings. The number of likely N-dealkylation sites (N-methyl/N-ethyl adjacent to an activating group) is 1. The lowest BCUT2D eigenvalue weighted by molar-refractivity contribution is 0.0988. The predicted octanol–water partition coefficient (Wildman–Crippen LogP) is 2.33. The van der Waals surface area contributed by atoms with E-state index in [4.69, 9.17) is 0 Å². The number of para-hydroxylation sites is 1. The Kier molecular flexibility index (Phi) is 5.49. The van der Waals surface area contributed by atoms with Gasteiger partial charge in [-0.15, -0.1) is 0 Å². The summed E-state index contributed by atoms with van der Waals surface area (Å²) in [5, 5.41) is 3.30. The van der Waals surface area contributed by atoms with Gasteiger partial charge in [0.05, 0.1) is 0 Å². The topological polar surface area (TPSA) is 48.5 Å². The van der Waals surface area contributed by atoms with Crippen molar-refractivity contribution in [2.24, 2.45) is 0 Å². The lowest BCUT2D eigenvalue weighted by atomic mass is 10.2. The summed E-state index contributed by atoms with van der Waals surface area (Å²) in [4.78, 5) is 20.4. The summed E-state index contributed by atoms with van der Waals surface area (Å²) in [7, 11) is 5.81. The van der Waals surface area contributed by atoms with Crippen LogP contribution >= 0.6 is 0 Å². The highest BCUT2D eigenvalue weighted by Crippen LogP contribution is 2.15. The van der Waals surface area contributed by atoms with Gasteiger partial charge >= 0.3 is 0 Å². The molecule has 2 aromatic rings. The number of aromatic nitrogens is 1.